The third kappa shape index (κ3) is 4.34. The van der Waals surface area contributed by atoms with Gasteiger partial charge in [-0.1, -0.05) is 15.9 Å². The molecule has 17 heavy (non-hydrogen) atoms. The molecule has 94 valence electrons. The van der Waals surface area contributed by atoms with Crippen LogP contribution in [0.1, 0.15) is 23.2 Å². The number of benzene rings is 1. The monoisotopic (exact) mass is 303 g/mol. The van der Waals surface area contributed by atoms with Crippen LogP contribution >= 0.6 is 15.9 Å². The zero-order valence-corrected chi connectivity index (χ0v) is 11.2. The Morgan fingerprint density at radius 1 is 1.47 bits per heavy atom. The summed E-state index contributed by atoms with van der Waals surface area (Å²) in [5.41, 5.74) is 0.0460. The normalized spacial score (nSPS) is 10.1. The third-order valence-electron chi connectivity index (χ3n) is 2.27. The molecule has 0 saturated carbocycles. The molecule has 1 N–H and O–H groups in total. The molecule has 0 atom stereocenters. The molecule has 0 aliphatic carbocycles. The van der Waals surface area contributed by atoms with Crippen LogP contribution in [0.2, 0.25) is 0 Å². The van der Waals surface area contributed by atoms with Crippen molar-refractivity contribution in [3.8, 4) is 5.75 Å². The van der Waals surface area contributed by atoms with Crippen LogP contribution in [-0.4, -0.2) is 24.9 Å². The molecule has 0 spiro atoms. The number of rotatable bonds is 6. The first-order valence-corrected chi connectivity index (χ1v) is 6.49. The Balaban J connectivity index is 2.57. The molecular weight excluding hydrogens is 289 g/mol. The van der Waals surface area contributed by atoms with E-state index in [9.17, 15) is 9.18 Å². The fourth-order valence-electron chi connectivity index (χ4n) is 1.32. The predicted octanol–water partition coefficient (Wildman–Crippen LogP) is 2.74. The predicted molar refractivity (Wildman–Crippen MR) is 68.3 cm³/mol. The number of amides is 1. The van der Waals surface area contributed by atoms with E-state index in [1.165, 1.54) is 19.2 Å². The minimum Gasteiger partial charge on any atom is -0.497 e. The highest BCUT2D eigenvalue weighted by molar-refractivity contribution is 9.09. The van der Waals surface area contributed by atoms with E-state index in [0.717, 1.165) is 18.2 Å². The quantitative estimate of drug-likeness (QED) is 0.648. The molecule has 1 amide bonds. The van der Waals surface area contributed by atoms with Crippen LogP contribution in [-0.2, 0) is 0 Å². The standard InChI is InChI=1S/C12H15BrFNO2/c1-17-9-4-5-10(11(14)8-9)12(16)15-7-3-2-6-13/h4-5,8H,2-3,6-7H2,1H3,(H,15,16). The average Bonchev–Trinajstić information content (AvgIpc) is 2.34. The van der Waals surface area contributed by atoms with Crippen molar-refractivity contribution in [1.29, 1.82) is 0 Å². The van der Waals surface area contributed by atoms with Crippen molar-refractivity contribution in [1.82, 2.24) is 5.32 Å². The van der Waals surface area contributed by atoms with Gasteiger partial charge in [-0.15, -0.1) is 0 Å². The molecule has 0 aliphatic rings. The second-order valence-electron chi connectivity index (χ2n) is 3.50. The number of hydrogen-bond donors (Lipinski definition) is 1. The van der Waals surface area contributed by atoms with Crippen LogP contribution in [0, 0.1) is 5.82 Å². The lowest BCUT2D eigenvalue weighted by atomic mass is 10.2. The maximum absolute atomic E-state index is 13.5. The van der Waals surface area contributed by atoms with Crippen molar-refractivity contribution < 1.29 is 13.9 Å². The van der Waals surface area contributed by atoms with Crippen LogP contribution in [0.15, 0.2) is 18.2 Å². The van der Waals surface area contributed by atoms with Crippen LogP contribution in [0.5, 0.6) is 5.75 Å². The Hall–Kier alpha value is -1.10. The first kappa shape index (κ1) is 14.0. The molecular formula is C12H15BrFNO2. The number of hydrogen-bond acceptors (Lipinski definition) is 2. The van der Waals surface area contributed by atoms with Crippen LogP contribution in [0.4, 0.5) is 4.39 Å². The van der Waals surface area contributed by atoms with Crippen molar-refractivity contribution in [3.05, 3.63) is 29.6 Å². The molecule has 1 aromatic rings. The molecule has 0 unspecified atom stereocenters. The number of unbranched alkanes of at least 4 members (excludes halogenated alkanes) is 1. The largest absolute Gasteiger partial charge is 0.497 e. The second-order valence-corrected chi connectivity index (χ2v) is 4.29. The fraction of sp³-hybridized carbons (Fsp3) is 0.417. The van der Waals surface area contributed by atoms with Gasteiger partial charge in [0.25, 0.3) is 5.91 Å². The van der Waals surface area contributed by atoms with Gasteiger partial charge in [-0.05, 0) is 25.0 Å². The van der Waals surface area contributed by atoms with E-state index < -0.39 is 5.82 Å². The summed E-state index contributed by atoms with van der Waals surface area (Å²) in [6.45, 7) is 0.551. The Labute approximate surface area is 108 Å². The van der Waals surface area contributed by atoms with E-state index in [1.807, 2.05) is 0 Å². The molecule has 0 saturated heterocycles. The Morgan fingerprint density at radius 2 is 2.24 bits per heavy atom. The van der Waals surface area contributed by atoms with Gasteiger partial charge in [-0.3, -0.25) is 4.79 Å². The number of nitrogens with one attached hydrogen (secondary N) is 1. The SMILES string of the molecule is COc1ccc(C(=O)NCCCCBr)c(F)c1. The molecule has 1 aromatic carbocycles. The summed E-state index contributed by atoms with van der Waals surface area (Å²) in [4.78, 5) is 11.6. The minimum atomic E-state index is -0.567. The summed E-state index contributed by atoms with van der Waals surface area (Å²) in [5.74, 6) is -0.555. The molecule has 0 aromatic heterocycles. The topological polar surface area (TPSA) is 38.3 Å². The van der Waals surface area contributed by atoms with Gasteiger partial charge in [0, 0.05) is 17.9 Å². The lowest BCUT2D eigenvalue weighted by Crippen LogP contribution is -2.25. The number of alkyl halides is 1. The molecule has 5 heteroatoms. The van der Waals surface area contributed by atoms with Gasteiger partial charge in [-0.25, -0.2) is 4.39 Å². The minimum absolute atomic E-state index is 0.0460. The van der Waals surface area contributed by atoms with E-state index in [2.05, 4.69) is 21.2 Å². The lowest BCUT2D eigenvalue weighted by Gasteiger charge is -2.06. The first-order chi connectivity index (χ1) is 8.19. The van der Waals surface area contributed by atoms with Gasteiger partial charge >= 0.3 is 0 Å². The number of carbonyl (C=O) groups is 1. The molecule has 1 rings (SSSR count). The molecule has 0 fully saturated rings. The van der Waals surface area contributed by atoms with Crippen LogP contribution < -0.4 is 10.1 Å². The summed E-state index contributed by atoms with van der Waals surface area (Å²) < 4.78 is 18.4. The Kier molecular flexibility index (Phi) is 5.97. The van der Waals surface area contributed by atoms with E-state index in [-0.39, 0.29) is 11.5 Å². The van der Waals surface area contributed by atoms with Gasteiger partial charge in [-0.2, -0.15) is 0 Å². The molecule has 0 heterocycles. The zero-order chi connectivity index (χ0) is 12.7. The third-order valence-corrected chi connectivity index (χ3v) is 2.83. The average molecular weight is 304 g/mol. The van der Waals surface area contributed by atoms with Gasteiger partial charge < -0.3 is 10.1 Å². The maximum Gasteiger partial charge on any atom is 0.254 e. The van der Waals surface area contributed by atoms with Crippen molar-refractivity contribution in [2.75, 3.05) is 19.0 Å². The van der Waals surface area contributed by atoms with E-state index in [4.69, 9.17) is 4.74 Å². The zero-order valence-electron chi connectivity index (χ0n) is 9.63. The van der Waals surface area contributed by atoms with Gasteiger partial charge in [0.1, 0.15) is 11.6 Å². The second kappa shape index (κ2) is 7.27. The fourth-order valence-corrected chi connectivity index (χ4v) is 1.72. The van der Waals surface area contributed by atoms with Crippen molar-refractivity contribution >= 4 is 21.8 Å². The van der Waals surface area contributed by atoms with Crippen molar-refractivity contribution in [3.63, 3.8) is 0 Å². The summed E-state index contributed by atoms with van der Waals surface area (Å²) in [6.07, 6.45) is 1.85. The summed E-state index contributed by atoms with van der Waals surface area (Å²) in [5, 5.41) is 3.57. The highest BCUT2D eigenvalue weighted by Gasteiger charge is 2.11. The van der Waals surface area contributed by atoms with E-state index >= 15 is 0 Å². The number of halogens is 2. The Bertz CT molecular complexity index is 385. The Morgan fingerprint density at radius 3 is 2.82 bits per heavy atom. The van der Waals surface area contributed by atoms with Crippen LogP contribution in [0.3, 0.4) is 0 Å². The van der Waals surface area contributed by atoms with Crippen molar-refractivity contribution in [2.24, 2.45) is 0 Å². The van der Waals surface area contributed by atoms with E-state index in [1.54, 1.807) is 6.07 Å². The molecule has 0 bridgehead atoms. The van der Waals surface area contributed by atoms with Gasteiger partial charge in [0.2, 0.25) is 0 Å². The first-order valence-electron chi connectivity index (χ1n) is 5.36. The number of ether oxygens (including phenoxy) is 1. The highest BCUT2D eigenvalue weighted by atomic mass is 79.9. The van der Waals surface area contributed by atoms with Crippen molar-refractivity contribution in [2.45, 2.75) is 12.8 Å². The van der Waals surface area contributed by atoms with Crippen LogP contribution in [0.25, 0.3) is 0 Å². The number of carbonyl (C=O) groups excluding carboxylic acids is 1. The maximum atomic E-state index is 13.5. The van der Waals surface area contributed by atoms with Gasteiger partial charge in [0.15, 0.2) is 0 Å². The highest BCUT2D eigenvalue weighted by Crippen LogP contribution is 2.16. The number of methoxy groups -OCH3 is 1. The summed E-state index contributed by atoms with van der Waals surface area (Å²) in [7, 11) is 1.45. The van der Waals surface area contributed by atoms with E-state index in [0.29, 0.717) is 12.3 Å². The smallest absolute Gasteiger partial charge is 0.254 e. The molecule has 0 aliphatic heterocycles. The summed E-state index contributed by atoms with van der Waals surface area (Å²) >= 11 is 3.30. The summed E-state index contributed by atoms with van der Waals surface area (Å²) in [6, 6.07) is 4.19. The molecule has 0 radical (unpaired) electrons. The lowest BCUT2D eigenvalue weighted by molar-refractivity contribution is 0.0949. The molecule has 3 nitrogen and oxygen atoms in total. The van der Waals surface area contributed by atoms with Gasteiger partial charge in [0.05, 0.1) is 12.7 Å².